The van der Waals surface area contributed by atoms with Crippen LogP contribution in [0.3, 0.4) is 0 Å². The highest BCUT2D eigenvalue weighted by atomic mass is 35.5. The molecule has 10 heteroatoms. The molecule has 0 aliphatic carbocycles. The van der Waals surface area contributed by atoms with Gasteiger partial charge in [0.25, 0.3) is 0 Å². The van der Waals surface area contributed by atoms with Gasteiger partial charge in [-0.3, -0.25) is 9.59 Å². The quantitative estimate of drug-likeness (QED) is 0.412. The van der Waals surface area contributed by atoms with E-state index in [1.54, 1.807) is 48.5 Å². The molecule has 2 amide bonds. The van der Waals surface area contributed by atoms with E-state index in [1.165, 1.54) is 32.2 Å². The zero-order valence-electron chi connectivity index (χ0n) is 18.5. The van der Waals surface area contributed by atoms with Gasteiger partial charge in [-0.2, -0.15) is 4.72 Å². The van der Waals surface area contributed by atoms with Crippen LogP contribution >= 0.6 is 11.6 Å². The Balaban J connectivity index is 1.90. The van der Waals surface area contributed by atoms with Gasteiger partial charge in [0, 0.05) is 23.3 Å². The van der Waals surface area contributed by atoms with Crippen molar-refractivity contribution in [3.05, 3.63) is 83.4 Å². The molecule has 0 saturated carbocycles. The first-order chi connectivity index (χ1) is 16.2. The third-order valence-electron chi connectivity index (χ3n) is 4.76. The number of halogens is 1. The summed E-state index contributed by atoms with van der Waals surface area (Å²) < 4.78 is 34.1. The van der Waals surface area contributed by atoms with Crippen LogP contribution < -0.4 is 20.1 Å². The summed E-state index contributed by atoms with van der Waals surface area (Å²) in [6.45, 7) is 1.38. The van der Waals surface area contributed by atoms with Crippen LogP contribution in [-0.4, -0.2) is 33.4 Å². The van der Waals surface area contributed by atoms with Crippen LogP contribution in [-0.2, 0) is 26.0 Å². The predicted octanol–water partition coefficient (Wildman–Crippen LogP) is 3.84. The molecule has 3 aromatic rings. The van der Waals surface area contributed by atoms with Crippen molar-refractivity contribution in [1.82, 2.24) is 4.72 Å². The number of hydrogen-bond donors (Lipinski definition) is 3. The maximum atomic E-state index is 13.2. The van der Waals surface area contributed by atoms with E-state index in [9.17, 15) is 18.0 Å². The molecule has 178 valence electrons. The highest BCUT2D eigenvalue weighted by Crippen LogP contribution is 2.27. The van der Waals surface area contributed by atoms with Crippen molar-refractivity contribution in [3.8, 4) is 5.75 Å². The lowest BCUT2D eigenvalue weighted by Gasteiger charge is -2.20. The number of ether oxygens (including phenoxy) is 1. The van der Waals surface area contributed by atoms with E-state index < -0.39 is 22.0 Å². The van der Waals surface area contributed by atoms with Gasteiger partial charge in [-0.25, -0.2) is 8.42 Å². The molecule has 3 rings (SSSR count). The van der Waals surface area contributed by atoms with Gasteiger partial charge in [-0.1, -0.05) is 48.0 Å². The summed E-state index contributed by atoms with van der Waals surface area (Å²) in [4.78, 5) is 24.3. The number of carbonyl (C=O) groups excluding carboxylic acids is 2. The van der Waals surface area contributed by atoms with E-state index in [0.29, 0.717) is 11.4 Å². The van der Waals surface area contributed by atoms with E-state index in [0.717, 1.165) is 5.56 Å². The highest BCUT2D eigenvalue weighted by Gasteiger charge is 2.28. The summed E-state index contributed by atoms with van der Waals surface area (Å²) in [6.07, 6.45) is 0.0974. The molecule has 3 N–H and O–H groups in total. The molecule has 0 saturated heterocycles. The van der Waals surface area contributed by atoms with Gasteiger partial charge in [-0.05, 0) is 48.4 Å². The second kappa shape index (κ2) is 11.1. The molecule has 0 radical (unpaired) electrons. The lowest BCUT2D eigenvalue weighted by molar-refractivity contribution is -0.117. The minimum atomic E-state index is -4.18. The molecule has 3 aromatic carbocycles. The number of anilines is 2. The van der Waals surface area contributed by atoms with Gasteiger partial charge in [0.05, 0.1) is 7.11 Å². The summed E-state index contributed by atoms with van der Waals surface area (Å²) in [5, 5.41) is 5.56. The van der Waals surface area contributed by atoms with Crippen LogP contribution in [0.4, 0.5) is 11.4 Å². The van der Waals surface area contributed by atoms with Crippen molar-refractivity contribution in [2.45, 2.75) is 24.3 Å². The highest BCUT2D eigenvalue weighted by molar-refractivity contribution is 7.89. The first-order valence-electron chi connectivity index (χ1n) is 10.3. The summed E-state index contributed by atoms with van der Waals surface area (Å²) in [5.41, 5.74) is 1.65. The van der Waals surface area contributed by atoms with E-state index in [1.807, 2.05) is 6.07 Å². The van der Waals surface area contributed by atoms with Crippen molar-refractivity contribution in [2.75, 3.05) is 17.7 Å². The molecule has 0 aliphatic rings. The first kappa shape index (κ1) is 25.2. The molecule has 0 aromatic heterocycles. The summed E-state index contributed by atoms with van der Waals surface area (Å²) in [6, 6.07) is 18.6. The second-order valence-electron chi connectivity index (χ2n) is 7.41. The van der Waals surface area contributed by atoms with Crippen molar-refractivity contribution in [3.63, 3.8) is 0 Å². The van der Waals surface area contributed by atoms with Crippen LogP contribution in [0.5, 0.6) is 5.75 Å². The van der Waals surface area contributed by atoms with E-state index >= 15 is 0 Å². The summed E-state index contributed by atoms with van der Waals surface area (Å²) in [5.74, 6) is -0.735. The van der Waals surface area contributed by atoms with Crippen LogP contribution in [0.25, 0.3) is 0 Å². The zero-order chi connectivity index (χ0) is 24.7. The van der Waals surface area contributed by atoms with E-state index in [2.05, 4.69) is 15.4 Å². The largest absolute Gasteiger partial charge is 0.495 e. The Bertz CT molecular complexity index is 1280. The van der Waals surface area contributed by atoms with Crippen molar-refractivity contribution in [2.24, 2.45) is 0 Å². The van der Waals surface area contributed by atoms with Gasteiger partial charge in [0.15, 0.2) is 0 Å². The Morgan fingerprint density at radius 1 is 0.941 bits per heavy atom. The molecule has 34 heavy (non-hydrogen) atoms. The smallest absolute Gasteiger partial charge is 0.245 e. The molecular formula is C24H24ClN3O5S. The zero-order valence-corrected chi connectivity index (χ0v) is 20.1. The minimum absolute atomic E-state index is 0.0961. The van der Waals surface area contributed by atoms with Crippen LogP contribution in [0, 0.1) is 0 Å². The van der Waals surface area contributed by atoms with E-state index in [-0.39, 0.29) is 28.0 Å². The third kappa shape index (κ3) is 6.80. The number of rotatable bonds is 9. The van der Waals surface area contributed by atoms with Gasteiger partial charge >= 0.3 is 0 Å². The Labute approximate surface area is 203 Å². The number of carbonyl (C=O) groups is 2. The minimum Gasteiger partial charge on any atom is -0.495 e. The Morgan fingerprint density at radius 3 is 2.26 bits per heavy atom. The summed E-state index contributed by atoms with van der Waals surface area (Å²) >= 11 is 6.01. The number of sulfonamides is 1. The Kier molecular flexibility index (Phi) is 8.27. The average molecular weight is 502 g/mol. The fraction of sp³-hybridized carbons (Fsp3) is 0.167. The maximum Gasteiger partial charge on any atom is 0.245 e. The third-order valence-corrected chi connectivity index (χ3v) is 6.49. The normalized spacial score (nSPS) is 12.0. The number of methoxy groups -OCH3 is 1. The lowest BCUT2D eigenvalue weighted by atomic mass is 10.1. The van der Waals surface area contributed by atoms with Gasteiger partial charge in [0.1, 0.15) is 16.7 Å². The standard InChI is InChI=1S/C24H24ClN3O5S/c1-16(29)26-19-9-6-10-20(15-19)27-24(30)21(13-17-7-4-3-5-8-17)28-34(31,32)23-14-18(25)11-12-22(23)33-2/h3-12,14-15,21,28H,13H2,1-2H3,(H,26,29)(H,27,30)/t21-/m1/s1. The number of benzene rings is 3. The Hall–Kier alpha value is -3.40. The fourth-order valence-electron chi connectivity index (χ4n) is 3.26. The lowest BCUT2D eigenvalue weighted by Crippen LogP contribution is -2.45. The van der Waals surface area contributed by atoms with Crippen molar-refractivity contribution < 1.29 is 22.7 Å². The topological polar surface area (TPSA) is 114 Å². The van der Waals surface area contributed by atoms with Crippen molar-refractivity contribution >= 4 is 44.8 Å². The van der Waals surface area contributed by atoms with Crippen LogP contribution in [0.1, 0.15) is 12.5 Å². The fourth-order valence-corrected chi connectivity index (χ4v) is 4.88. The molecule has 8 nitrogen and oxygen atoms in total. The molecule has 0 unspecified atom stereocenters. The number of hydrogen-bond acceptors (Lipinski definition) is 5. The molecule has 0 fully saturated rings. The summed E-state index contributed by atoms with van der Waals surface area (Å²) in [7, 11) is -2.84. The molecule has 0 bridgehead atoms. The molecule has 0 heterocycles. The monoisotopic (exact) mass is 501 g/mol. The number of nitrogens with one attached hydrogen (secondary N) is 3. The van der Waals surface area contributed by atoms with Gasteiger partial charge in [0.2, 0.25) is 21.8 Å². The Morgan fingerprint density at radius 2 is 1.62 bits per heavy atom. The molecule has 0 spiro atoms. The molecule has 1 atom stereocenters. The van der Waals surface area contributed by atoms with Crippen LogP contribution in [0.2, 0.25) is 5.02 Å². The SMILES string of the molecule is COc1ccc(Cl)cc1S(=O)(=O)N[C@H](Cc1ccccc1)C(=O)Nc1cccc(NC(C)=O)c1. The second-order valence-corrected chi connectivity index (χ2v) is 9.53. The van der Waals surface area contributed by atoms with Gasteiger partial charge < -0.3 is 15.4 Å². The first-order valence-corrected chi connectivity index (χ1v) is 12.1. The molecule has 0 aliphatic heterocycles. The average Bonchev–Trinajstić information content (AvgIpc) is 2.79. The van der Waals surface area contributed by atoms with Crippen LogP contribution in [0.15, 0.2) is 77.7 Å². The van der Waals surface area contributed by atoms with Crippen molar-refractivity contribution in [1.29, 1.82) is 0 Å². The number of amides is 2. The predicted molar refractivity (Wildman–Crippen MR) is 132 cm³/mol. The van der Waals surface area contributed by atoms with E-state index in [4.69, 9.17) is 16.3 Å². The van der Waals surface area contributed by atoms with Gasteiger partial charge in [-0.15, -0.1) is 0 Å². The maximum absolute atomic E-state index is 13.2. The molecular weight excluding hydrogens is 478 g/mol.